The summed E-state index contributed by atoms with van der Waals surface area (Å²) in [5, 5.41) is 13.3. The first kappa shape index (κ1) is 18.3. The van der Waals surface area contributed by atoms with Gasteiger partial charge in [0.2, 0.25) is 5.91 Å². The molecule has 0 bridgehead atoms. The molecule has 0 saturated carbocycles. The first-order valence-corrected chi connectivity index (χ1v) is 9.86. The fraction of sp³-hybridized carbons (Fsp3) is 0.190. The molecule has 4 aromatic rings. The van der Waals surface area contributed by atoms with E-state index in [1.54, 1.807) is 7.11 Å². The van der Waals surface area contributed by atoms with E-state index in [1.165, 1.54) is 11.8 Å². The minimum absolute atomic E-state index is 0.123. The molecule has 28 heavy (non-hydrogen) atoms. The lowest BCUT2D eigenvalue weighted by molar-refractivity contribution is -0.113. The summed E-state index contributed by atoms with van der Waals surface area (Å²) in [6, 6.07) is 15.9. The molecule has 0 radical (unpaired) electrons. The third kappa shape index (κ3) is 3.41. The smallest absolute Gasteiger partial charge is 0.234 e. The summed E-state index contributed by atoms with van der Waals surface area (Å²) >= 11 is 1.36. The highest BCUT2D eigenvalue weighted by atomic mass is 32.2. The molecule has 142 valence electrons. The molecule has 2 aromatic heterocycles. The Labute approximate surface area is 166 Å². The van der Waals surface area contributed by atoms with Crippen LogP contribution in [-0.4, -0.2) is 33.4 Å². The van der Waals surface area contributed by atoms with Gasteiger partial charge in [-0.3, -0.25) is 9.20 Å². The van der Waals surface area contributed by atoms with E-state index in [1.807, 2.05) is 54.6 Å². The van der Waals surface area contributed by atoms with E-state index in [9.17, 15) is 4.79 Å². The van der Waals surface area contributed by atoms with Gasteiger partial charge in [-0.05, 0) is 54.6 Å². The fourth-order valence-electron chi connectivity index (χ4n) is 3.18. The second kappa shape index (κ2) is 7.52. The van der Waals surface area contributed by atoms with Crippen molar-refractivity contribution in [3.8, 4) is 5.75 Å². The van der Waals surface area contributed by atoms with Crippen LogP contribution in [0.2, 0.25) is 0 Å². The number of carbonyl (C=O) groups excluding carboxylic acids is 1. The van der Waals surface area contributed by atoms with Crippen LogP contribution in [0.15, 0.2) is 53.7 Å². The van der Waals surface area contributed by atoms with Crippen LogP contribution < -0.4 is 10.1 Å². The average Bonchev–Trinajstić information content (AvgIpc) is 3.12. The summed E-state index contributed by atoms with van der Waals surface area (Å²) in [5.74, 6) is 0.737. The molecular weight excluding hydrogens is 372 g/mol. The minimum Gasteiger partial charge on any atom is -0.495 e. The highest BCUT2D eigenvalue weighted by Crippen LogP contribution is 2.27. The van der Waals surface area contributed by atoms with Gasteiger partial charge < -0.3 is 10.1 Å². The van der Waals surface area contributed by atoms with Crippen molar-refractivity contribution >= 4 is 39.9 Å². The number of amides is 1. The molecule has 2 heterocycles. The number of pyridine rings is 1. The lowest BCUT2D eigenvalue weighted by Gasteiger charge is -2.11. The zero-order chi connectivity index (χ0) is 19.7. The molecule has 0 saturated heterocycles. The number of benzene rings is 2. The largest absolute Gasteiger partial charge is 0.495 e. The van der Waals surface area contributed by atoms with Gasteiger partial charge in [0, 0.05) is 0 Å². The summed E-state index contributed by atoms with van der Waals surface area (Å²) in [6.07, 6.45) is 0. The number of methoxy groups -OCH3 is 1. The summed E-state index contributed by atoms with van der Waals surface area (Å²) in [7, 11) is 1.59. The van der Waals surface area contributed by atoms with Crippen molar-refractivity contribution < 1.29 is 9.53 Å². The van der Waals surface area contributed by atoms with Crippen molar-refractivity contribution in [2.24, 2.45) is 0 Å². The molecule has 1 N–H and O–H groups in total. The maximum atomic E-state index is 12.5. The molecule has 2 aromatic carbocycles. The Kier molecular flexibility index (Phi) is 4.92. The Morgan fingerprint density at radius 1 is 1.14 bits per heavy atom. The lowest BCUT2D eigenvalue weighted by atomic mass is 10.1. The van der Waals surface area contributed by atoms with Gasteiger partial charge in [-0.2, -0.15) is 0 Å². The molecule has 0 fully saturated rings. The normalized spacial score (nSPS) is 11.1. The van der Waals surface area contributed by atoms with Crippen LogP contribution in [0, 0.1) is 13.8 Å². The van der Waals surface area contributed by atoms with E-state index in [-0.39, 0.29) is 11.7 Å². The van der Waals surface area contributed by atoms with Crippen molar-refractivity contribution in [3.05, 3.63) is 59.7 Å². The molecule has 4 rings (SSSR count). The summed E-state index contributed by atoms with van der Waals surface area (Å²) in [4.78, 5) is 12.5. The van der Waals surface area contributed by atoms with Gasteiger partial charge in [-0.1, -0.05) is 36.0 Å². The Balaban J connectivity index is 1.58. The predicted octanol–water partition coefficient (Wildman–Crippen LogP) is 4.24. The molecule has 0 aliphatic heterocycles. The van der Waals surface area contributed by atoms with Gasteiger partial charge in [0.25, 0.3) is 0 Å². The number of aromatic nitrogens is 3. The van der Waals surface area contributed by atoms with Gasteiger partial charge in [0.15, 0.2) is 10.8 Å². The van der Waals surface area contributed by atoms with Crippen molar-refractivity contribution in [3.63, 3.8) is 0 Å². The predicted molar refractivity (Wildman–Crippen MR) is 112 cm³/mol. The van der Waals surface area contributed by atoms with Gasteiger partial charge in [-0.15, -0.1) is 10.2 Å². The molecule has 1 amide bonds. The summed E-state index contributed by atoms with van der Waals surface area (Å²) in [6.45, 7) is 3.99. The topological polar surface area (TPSA) is 68.5 Å². The number of rotatable bonds is 5. The van der Waals surface area contributed by atoms with E-state index in [0.717, 1.165) is 27.7 Å². The average molecular weight is 392 g/mol. The molecule has 0 aliphatic rings. The maximum Gasteiger partial charge on any atom is 0.234 e. The van der Waals surface area contributed by atoms with Gasteiger partial charge in [0.05, 0.1) is 24.1 Å². The van der Waals surface area contributed by atoms with E-state index in [2.05, 4.69) is 27.6 Å². The molecule has 0 unspecified atom stereocenters. The maximum absolute atomic E-state index is 12.5. The van der Waals surface area contributed by atoms with Crippen LogP contribution in [-0.2, 0) is 4.79 Å². The highest BCUT2D eigenvalue weighted by molar-refractivity contribution is 7.99. The SMILES string of the molecule is COc1ccc(C)cc1NC(=O)CSc1nnc2c(C)cc3ccccc3n12. The Morgan fingerprint density at radius 2 is 1.96 bits per heavy atom. The number of nitrogens with zero attached hydrogens (tertiary/aromatic N) is 3. The van der Waals surface area contributed by atoms with E-state index < -0.39 is 0 Å². The summed E-state index contributed by atoms with van der Waals surface area (Å²) < 4.78 is 7.33. The van der Waals surface area contributed by atoms with E-state index in [4.69, 9.17) is 4.74 Å². The zero-order valence-electron chi connectivity index (χ0n) is 15.9. The van der Waals surface area contributed by atoms with Crippen LogP contribution in [0.4, 0.5) is 5.69 Å². The minimum atomic E-state index is -0.123. The van der Waals surface area contributed by atoms with Crippen molar-refractivity contribution in [2.45, 2.75) is 19.0 Å². The molecular formula is C21H20N4O2S. The molecule has 0 spiro atoms. The quantitative estimate of drug-likeness (QED) is 0.515. The molecule has 0 atom stereocenters. The number of carbonyl (C=O) groups is 1. The number of nitrogens with one attached hydrogen (secondary N) is 1. The Hall–Kier alpha value is -3.06. The Bertz CT molecular complexity index is 1190. The first-order chi connectivity index (χ1) is 13.6. The molecule has 7 heteroatoms. The van der Waals surface area contributed by atoms with E-state index in [0.29, 0.717) is 16.6 Å². The fourth-order valence-corrected chi connectivity index (χ4v) is 3.93. The zero-order valence-corrected chi connectivity index (χ0v) is 16.7. The Morgan fingerprint density at radius 3 is 2.79 bits per heavy atom. The number of aryl methyl sites for hydroxylation is 2. The van der Waals surface area contributed by atoms with Crippen LogP contribution in [0.3, 0.4) is 0 Å². The van der Waals surface area contributed by atoms with Crippen molar-refractivity contribution in [1.82, 2.24) is 14.6 Å². The van der Waals surface area contributed by atoms with Crippen molar-refractivity contribution in [1.29, 1.82) is 0 Å². The number of fused-ring (bicyclic) bond motifs is 3. The number of hydrogen-bond donors (Lipinski definition) is 1. The number of para-hydroxylation sites is 1. The number of anilines is 1. The van der Waals surface area contributed by atoms with Gasteiger partial charge >= 0.3 is 0 Å². The first-order valence-electron chi connectivity index (χ1n) is 8.87. The van der Waals surface area contributed by atoms with Crippen LogP contribution in [0.5, 0.6) is 5.75 Å². The standard InChI is InChI=1S/C21H20N4O2S/c1-13-8-9-18(27-3)16(10-13)22-19(26)12-28-21-24-23-20-14(2)11-15-6-4-5-7-17(15)25(20)21/h4-11H,12H2,1-3H3,(H,22,26). The molecule has 0 aliphatic carbocycles. The number of hydrogen-bond acceptors (Lipinski definition) is 5. The second-order valence-electron chi connectivity index (χ2n) is 6.57. The van der Waals surface area contributed by atoms with E-state index >= 15 is 0 Å². The number of ether oxygens (including phenoxy) is 1. The second-order valence-corrected chi connectivity index (χ2v) is 7.51. The number of thioether (sulfide) groups is 1. The monoisotopic (exact) mass is 392 g/mol. The van der Waals surface area contributed by atoms with Crippen LogP contribution in [0.1, 0.15) is 11.1 Å². The van der Waals surface area contributed by atoms with Crippen molar-refractivity contribution in [2.75, 3.05) is 18.2 Å². The third-order valence-electron chi connectivity index (χ3n) is 4.50. The van der Waals surface area contributed by atoms with Crippen LogP contribution in [0.25, 0.3) is 16.6 Å². The summed E-state index contributed by atoms with van der Waals surface area (Å²) in [5.41, 5.74) is 4.60. The third-order valence-corrected chi connectivity index (χ3v) is 5.43. The van der Waals surface area contributed by atoms with Crippen LogP contribution >= 0.6 is 11.8 Å². The van der Waals surface area contributed by atoms with Gasteiger partial charge in [0.1, 0.15) is 5.75 Å². The van der Waals surface area contributed by atoms with Gasteiger partial charge in [-0.25, -0.2) is 0 Å². The molecule has 6 nitrogen and oxygen atoms in total. The highest BCUT2D eigenvalue weighted by Gasteiger charge is 2.14. The lowest BCUT2D eigenvalue weighted by Crippen LogP contribution is -2.15.